The molecule has 0 saturated carbocycles. The number of rotatable bonds is 10. The van der Waals surface area contributed by atoms with Crippen LogP contribution in [0.25, 0.3) is 0 Å². The molecule has 27 heavy (non-hydrogen) atoms. The van der Waals surface area contributed by atoms with Crippen LogP contribution in [0.15, 0.2) is 55.3 Å². The Morgan fingerprint density at radius 3 is 2.52 bits per heavy atom. The van der Waals surface area contributed by atoms with E-state index in [4.69, 9.17) is 4.74 Å². The van der Waals surface area contributed by atoms with Gasteiger partial charge in [0.1, 0.15) is 0 Å². The molecule has 4 heteroatoms. The Kier molecular flexibility index (Phi) is 7.84. The van der Waals surface area contributed by atoms with Crippen LogP contribution < -0.4 is 0 Å². The van der Waals surface area contributed by atoms with Crippen LogP contribution in [0.2, 0.25) is 0 Å². The second-order valence-corrected chi connectivity index (χ2v) is 8.17. The molecule has 148 valence electrons. The lowest BCUT2D eigenvalue weighted by Crippen LogP contribution is -2.35. The van der Waals surface area contributed by atoms with Crippen LogP contribution in [0.3, 0.4) is 0 Å². The van der Waals surface area contributed by atoms with Crippen molar-refractivity contribution in [3.63, 3.8) is 0 Å². The lowest BCUT2D eigenvalue weighted by molar-refractivity contribution is 0.0381. The van der Waals surface area contributed by atoms with Gasteiger partial charge in [-0.15, -0.1) is 6.58 Å². The Morgan fingerprint density at radius 1 is 1.22 bits per heavy atom. The number of benzene rings is 1. The molecule has 1 heterocycles. The van der Waals surface area contributed by atoms with Crippen molar-refractivity contribution < 1.29 is 9.84 Å². The van der Waals surface area contributed by atoms with E-state index in [2.05, 4.69) is 79.4 Å². The Morgan fingerprint density at radius 2 is 1.93 bits per heavy atom. The van der Waals surface area contributed by atoms with Crippen molar-refractivity contribution in [1.82, 2.24) is 9.47 Å². The van der Waals surface area contributed by atoms with Gasteiger partial charge < -0.3 is 14.4 Å². The third-order valence-corrected chi connectivity index (χ3v) is 4.70. The summed E-state index contributed by atoms with van der Waals surface area (Å²) in [7, 11) is 1.61. The summed E-state index contributed by atoms with van der Waals surface area (Å²) >= 11 is 0. The summed E-state index contributed by atoms with van der Waals surface area (Å²) in [6.45, 7) is 13.8. The quantitative estimate of drug-likeness (QED) is 0.646. The summed E-state index contributed by atoms with van der Waals surface area (Å²) in [5, 5.41) is 10.1. The maximum absolute atomic E-state index is 10.1. The van der Waals surface area contributed by atoms with Crippen molar-refractivity contribution in [2.75, 3.05) is 26.8 Å². The number of aliphatic hydroxyl groups excluding tert-OH is 1. The fraction of sp³-hybridized carbons (Fsp3) is 0.478. The molecule has 0 saturated heterocycles. The first-order valence-electron chi connectivity index (χ1n) is 9.57. The van der Waals surface area contributed by atoms with E-state index in [1.54, 1.807) is 7.11 Å². The van der Waals surface area contributed by atoms with Crippen molar-refractivity contribution in [1.29, 1.82) is 0 Å². The van der Waals surface area contributed by atoms with E-state index in [1.807, 2.05) is 6.08 Å². The Bertz CT molecular complexity index is 698. The molecule has 0 aliphatic carbocycles. The van der Waals surface area contributed by atoms with E-state index >= 15 is 0 Å². The minimum Gasteiger partial charge on any atom is -0.389 e. The Hall–Kier alpha value is -1.88. The van der Waals surface area contributed by atoms with E-state index in [0.29, 0.717) is 13.2 Å². The molecule has 0 unspecified atom stereocenters. The van der Waals surface area contributed by atoms with Crippen LogP contribution in [0, 0.1) is 0 Å². The lowest BCUT2D eigenvalue weighted by Gasteiger charge is -2.24. The molecule has 1 aromatic carbocycles. The van der Waals surface area contributed by atoms with Gasteiger partial charge in [-0.3, -0.25) is 4.90 Å². The zero-order valence-electron chi connectivity index (χ0n) is 17.2. The molecule has 0 bridgehead atoms. The van der Waals surface area contributed by atoms with E-state index in [-0.39, 0.29) is 5.41 Å². The first-order chi connectivity index (χ1) is 12.8. The van der Waals surface area contributed by atoms with Gasteiger partial charge in [-0.1, -0.05) is 51.1 Å². The Labute approximate surface area is 164 Å². The SMILES string of the molecule is C=CCN(Cc1cccn1Cc1ccc(C(C)(C)C)cc1)C[C@@H](O)COC. The summed E-state index contributed by atoms with van der Waals surface area (Å²) in [5.74, 6) is 0. The highest BCUT2D eigenvalue weighted by molar-refractivity contribution is 5.28. The normalized spacial score (nSPS) is 13.1. The maximum Gasteiger partial charge on any atom is 0.0900 e. The molecular formula is C23H34N2O2. The molecule has 0 aliphatic rings. The number of hydrogen-bond donors (Lipinski definition) is 1. The summed E-state index contributed by atoms with van der Waals surface area (Å²) in [5.41, 5.74) is 4.03. The molecule has 1 atom stereocenters. The van der Waals surface area contributed by atoms with Crippen LogP contribution in [0.4, 0.5) is 0 Å². The molecule has 1 N–H and O–H groups in total. The van der Waals surface area contributed by atoms with Crippen LogP contribution in [-0.2, 0) is 23.2 Å². The van der Waals surface area contributed by atoms with Crippen molar-refractivity contribution in [2.45, 2.75) is 45.4 Å². The number of nitrogens with zero attached hydrogens (tertiary/aromatic N) is 2. The van der Waals surface area contributed by atoms with E-state index in [1.165, 1.54) is 16.8 Å². The molecule has 0 radical (unpaired) electrons. The highest BCUT2D eigenvalue weighted by Gasteiger charge is 2.14. The van der Waals surface area contributed by atoms with E-state index < -0.39 is 6.10 Å². The van der Waals surface area contributed by atoms with Gasteiger partial charge in [0, 0.05) is 45.2 Å². The van der Waals surface area contributed by atoms with Crippen LogP contribution >= 0.6 is 0 Å². The zero-order valence-corrected chi connectivity index (χ0v) is 17.2. The molecule has 0 fully saturated rings. The average molecular weight is 371 g/mol. The molecule has 0 aliphatic heterocycles. The summed E-state index contributed by atoms with van der Waals surface area (Å²) in [6, 6.07) is 13.1. The first kappa shape index (κ1) is 21.4. The summed E-state index contributed by atoms with van der Waals surface area (Å²) < 4.78 is 7.32. The predicted octanol–water partition coefficient (Wildman–Crippen LogP) is 3.83. The fourth-order valence-electron chi connectivity index (χ4n) is 3.21. The van der Waals surface area contributed by atoms with Gasteiger partial charge in [0.25, 0.3) is 0 Å². The third kappa shape index (κ3) is 6.65. The molecule has 0 spiro atoms. The average Bonchev–Trinajstić information content (AvgIpc) is 3.01. The molecule has 4 nitrogen and oxygen atoms in total. The summed E-state index contributed by atoms with van der Waals surface area (Å²) in [6.07, 6.45) is 3.49. The van der Waals surface area contributed by atoms with Crippen molar-refractivity contribution >= 4 is 0 Å². The van der Waals surface area contributed by atoms with Gasteiger partial charge in [-0.2, -0.15) is 0 Å². The number of aliphatic hydroxyl groups is 1. The smallest absolute Gasteiger partial charge is 0.0900 e. The largest absolute Gasteiger partial charge is 0.389 e. The first-order valence-corrected chi connectivity index (χ1v) is 9.57. The van der Waals surface area contributed by atoms with Gasteiger partial charge >= 0.3 is 0 Å². The second-order valence-electron chi connectivity index (χ2n) is 8.17. The fourth-order valence-corrected chi connectivity index (χ4v) is 3.21. The molecule has 0 amide bonds. The topological polar surface area (TPSA) is 37.6 Å². The van der Waals surface area contributed by atoms with Gasteiger partial charge in [-0.25, -0.2) is 0 Å². The van der Waals surface area contributed by atoms with Gasteiger partial charge in [0.2, 0.25) is 0 Å². The number of aromatic nitrogens is 1. The minimum atomic E-state index is -0.497. The summed E-state index contributed by atoms with van der Waals surface area (Å²) in [4.78, 5) is 2.19. The number of methoxy groups -OCH3 is 1. The standard InChI is InChI=1S/C23H34N2O2/c1-6-13-24(17-22(26)18-27-5)16-21-8-7-14-25(21)15-19-9-11-20(12-10-19)23(2,3)4/h6-12,14,22,26H,1,13,15-18H2,2-5H3/t22-/m1/s1. The molecule has 2 rings (SSSR count). The molecule has 2 aromatic rings. The van der Waals surface area contributed by atoms with Crippen LogP contribution in [0.5, 0.6) is 0 Å². The van der Waals surface area contributed by atoms with Gasteiger partial charge in [0.05, 0.1) is 12.7 Å². The predicted molar refractivity (Wildman–Crippen MR) is 112 cm³/mol. The number of ether oxygens (including phenoxy) is 1. The molecule has 1 aromatic heterocycles. The van der Waals surface area contributed by atoms with Gasteiger partial charge in [-0.05, 0) is 28.7 Å². The van der Waals surface area contributed by atoms with Crippen molar-refractivity contribution in [3.8, 4) is 0 Å². The zero-order chi connectivity index (χ0) is 19.9. The van der Waals surface area contributed by atoms with Gasteiger partial charge in [0.15, 0.2) is 0 Å². The Balaban J connectivity index is 2.06. The lowest BCUT2D eigenvalue weighted by atomic mass is 9.87. The van der Waals surface area contributed by atoms with Crippen molar-refractivity contribution in [2.24, 2.45) is 0 Å². The van der Waals surface area contributed by atoms with E-state index in [9.17, 15) is 5.11 Å². The van der Waals surface area contributed by atoms with E-state index in [0.717, 1.165) is 19.6 Å². The monoisotopic (exact) mass is 370 g/mol. The van der Waals surface area contributed by atoms with Crippen LogP contribution in [0.1, 0.15) is 37.6 Å². The van der Waals surface area contributed by atoms with Crippen LogP contribution in [-0.4, -0.2) is 47.5 Å². The molecular weight excluding hydrogens is 336 g/mol. The minimum absolute atomic E-state index is 0.172. The second kappa shape index (κ2) is 9.88. The highest BCUT2D eigenvalue weighted by Crippen LogP contribution is 2.22. The number of hydrogen-bond acceptors (Lipinski definition) is 3. The third-order valence-electron chi connectivity index (χ3n) is 4.70. The van der Waals surface area contributed by atoms with Crippen molar-refractivity contribution in [3.05, 3.63) is 72.1 Å². The highest BCUT2D eigenvalue weighted by atomic mass is 16.5. The maximum atomic E-state index is 10.1.